The molecule has 0 aliphatic heterocycles. The summed E-state index contributed by atoms with van der Waals surface area (Å²) in [5.74, 6) is 0.435. The molecule has 0 aromatic heterocycles. The van der Waals surface area contributed by atoms with Crippen molar-refractivity contribution in [2.75, 3.05) is 13.1 Å². The van der Waals surface area contributed by atoms with Crippen LogP contribution >= 0.6 is 0 Å². The second-order valence-electron chi connectivity index (χ2n) is 6.34. The van der Waals surface area contributed by atoms with E-state index in [2.05, 4.69) is 29.5 Å². The standard InChI is InChI=1S/C16H34N4O/c1-6-8-9-10-11-13(3)20-15(18-7-2)19-12-16(4,5)14(17)21/h13H,6-12H2,1-5H3,(H2,17,21)(H2,18,19,20). The highest BCUT2D eigenvalue weighted by atomic mass is 16.1. The van der Waals surface area contributed by atoms with Crippen LogP contribution in [0.15, 0.2) is 4.99 Å². The minimum atomic E-state index is -0.618. The summed E-state index contributed by atoms with van der Waals surface area (Å²) in [4.78, 5) is 15.8. The Balaban J connectivity index is 4.37. The highest BCUT2D eigenvalue weighted by Crippen LogP contribution is 2.14. The normalized spacial score (nSPS) is 13.9. The summed E-state index contributed by atoms with van der Waals surface area (Å²) < 4.78 is 0. The third-order valence-corrected chi connectivity index (χ3v) is 3.52. The van der Waals surface area contributed by atoms with Crippen molar-refractivity contribution in [3.8, 4) is 0 Å². The molecule has 1 amide bonds. The number of guanidine groups is 1. The van der Waals surface area contributed by atoms with Gasteiger partial charge in [-0.25, -0.2) is 0 Å². The number of rotatable bonds is 10. The molecule has 5 heteroatoms. The van der Waals surface area contributed by atoms with Gasteiger partial charge in [0.15, 0.2) is 5.96 Å². The zero-order chi connectivity index (χ0) is 16.3. The van der Waals surface area contributed by atoms with E-state index in [0.717, 1.165) is 18.9 Å². The molecule has 0 rings (SSSR count). The molecule has 0 bridgehead atoms. The molecule has 21 heavy (non-hydrogen) atoms. The number of amides is 1. The van der Waals surface area contributed by atoms with Crippen LogP contribution in [0.2, 0.25) is 0 Å². The molecule has 0 aliphatic rings. The topological polar surface area (TPSA) is 79.5 Å². The Labute approximate surface area is 130 Å². The molecule has 0 aromatic rings. The number of carbonyl (C=O) groups is 1. The third-order valence-electron chi connectivity index (χ3n) is 3.52. The minimum absolute atomic E-state index is 0.324. The summed E-state index contributed by atoms with van der Waals surface area (Å²) in [6.07, 6.45) is 6.20. The third kappa shape index (κ3) is 9.32. The fourth-order valence-corrected chi connectivity index (χ4v) is 1.86. The Morgan fingerprint density at radius 2 is 1.90 bits per heavy atom. The van der Waals surface area contributed by atoms with E-state index in [9.17, 15) is 4.79 Å². The highest BCUT2D eigenvalue weighted by Gasteiger charge is 2.24. The number of aliphatic imine (C=N–C) groups is 1. The molecule has 0 spiro atoms. The van der Waals surface area contributed by atoms with Crippen molar-refractivity contribution in [2.45, 2.75) is 72.8 Å². The number of hydrogen-bond acceptors (Lipinski definition) is 2. The monoisotopic (exact) mass is 298 g/mol. The second-order valence-corrected chi connectivity index (χ2v) is 6.34. The largest absolute Gasteiger partial charge is 0.369 e. The smallest absolute Gasteiger partial charge is 0.224 e. The van der Waals surface area contributed by atoms with Gasteiger partial charge in [-0.1, -0.05) is 32.6 Å². The van der Waals surface area contributed by atoms with Gasteiger partial charge in [-0.05, 0) is 34.1 Å². The van der Waals surface area contributed by atoms with Gasteiger partial charge in [-0.15, -0.1) is 0 Å². The Morgan fingerprint density at radius 3 is 2.43 bits per heavy atom. The summed E-state index contributed by atoms with van der Waals surface area (Å²) in [7, 11) is 0. The maximum atomic E-state index is 11.3. The molecular formula is C16H34N4O. The van der Waals surface area contributed by atoms with Gasteiger partial charge >= 0.3 is 0 Å². The molecule has 0 aliphatic carbocycles. The van der Waals surface area contributed by atoms with Crippen LogP contribution in [0, 0.1) is 5.41 Å². The number of hydrogen-bond donors (Lipinski definition) is 3. The molecule has 0 saturated carbocycles. The van der Waals surface area contributed by atoms with E-state index in [4.69, 9.17) is 5.73 Å². The van der Waals surface area contributed by atoms with E-state index in [1.54, 1.807) is 0 Å². The van der Waals surface area contributed by atoms with Crippen molar-refractivity contribution in [3.05, 3.63) is 0 Å². The van der Waals surface area contributed by atoms with Crippen molar-refractivity contribution in [3.63, 3.8) is 0 Å². The van der Waals surface area contributed by atoms with Gasteiger partial charge in [-0.3, -0.25) is 9.79 Å². The quantitative estimate of drug-likeness (QED) is 0.329. The predicted molar refractivity (Wildman–Crippen MR) is 90.3 cm³/mol. The average Bonchev–Trinajstić information content (AvgIpc) is 2.41. The van der Waals surface area contributed by atoms with Gasteiger partial charge in [0, 0.05) is 12.6 Å². The van der Waals surface area contributed by atoms with Crippen molar-refractivity contribution in [1.82, 2.24) is 10.6 Å². The molecular weight excluding hydrogens is 264 g/mol. The molecule has 0 radical (unpaired) electrons. The van der Waals surface area contributed by atoms with Crippen LogP contribution < -0.4 is 16.4 Å². The lowest BCUT2D eigenvalue weighted by Gasteiger charge is -2.21. The molecule has 0 saturated heterocycles. The number of nitrogens with two attached hydrogens (primary N) is 1. The van der Waals surface area contributed by atoms with Crippen LogP contribution in [-0.4, -0.2) is 31.0 Å². The number of carbonyl (C=O) groups excluding carboxylic acids is 1. The summed E-state index contributed by atoms with van der Waals surface area (Å²) in [5, 5.41) is 6.61. The summed E-state index contributed by atoms with van der Waals surface area (Å²) in [6.45, 7) is 11.2. The zero-order valence-corrected chi connectivity index (χ0v) is 14.5. The maximum absolute atomic E-state index is 11.3. The SMILES string of the molecule is CCCCCCC(C)NC(=NCC(C)(C)C(N)=O)NCC. The Morgan fingerprint density at radius 1 is 1.24 bits per heavy atom. The molecule has 1 atom stereocenters. The predicted octanol–water partition coefficient (Wildman–Crippen LogP) is 2.41. The van der Waals surface area contributed by atoms with E-state index in [1.807, 2.05) is 20.8 Å². The Bertz CT molecular complexity index is 326. The first-order valence-electron chi connectivity index (χ1n) is 8.18. The van der Waals surface area contributed by atoms with Crippen LogP contribution in [0.4, 0.5) is 0 Å². The van der Waals surface area contributed by atoms with Crippen LogP contribution in [0.3, 0.4) is 0 Å². The summed E-state index contributed by atoms with van der Waals surface area (Å²) >= 11 is 0. The highest BCUT2D eigenvalue weighted by molar-refractivity contribution is 5.82. The molecule has 0 aromatic carbocycles. The number of primary amides is 1. The van der Waals surface area contributed by atoms with E-state index < -0.39 is 5.41 Å². The van der Waals surface area contributed by atoms with E-state index in [1.165, 1.54) is 25.7 Å². The number of nitrogens with zero attached hydrogens (tertiary/aromatic N) is 1. The summed E-state index contributed by atoms with van der Waals surface area (Å²) in [5.41, 5.74) is 4.76. The molecule has 0 fully saturated rings. The van der Waals surface area contributed by atoms with Gasteiger partial charge in [0.2, 0.25) is 5.91 Å². The van der Waals surface area contributed by atoms with Crippen molar-refractivity contribution in [1.29, 1.82) is 0 Å². The van der Waals surface area contributed by atoms with Crippen molar-refractivity contribution in [2.24, 2.45) is 16.1 Å². The maximum Gasteiger partial charge on any atom is 0.224 e. The molecule has 4 N–H and O–H groups in total. The Hall–Kier alpha value is -1.26. The molecule has 5 nitrogen and oxygen atoms in total. The van der Waals surface area contributed by atoms with Crippen molar-refractivity contribution < 1.29 is 4.79 Å². The van der Waals surface area contributed by atoms with Gasteiger partial charge in [0.1, 0.15) is 0 Å². The number of nitrogens with one attached hydrogen (secondary N) is 2. The first-order valence-corrected chi connectivity index (χ1v) is 8.18. The van der Waals surface area contributed by atoms with E-state index in [0.29, 0.717) is 12.6 Å². The van der Waals surface area contributed by atoms with Crippen molar-refractivity contribution >= 4 is 11.9 Å². The van der Waals surface area contributed by atoms with E-state index >= 15 is 0 Å². The lowest BCUT2D eigenvalue weighted by molar-refractivity contribution is -0.125. The van der Waals surface area contributed by atoms with E-state index in [-0.39, 0.29) is 5.91 Å². The van der Waals surface area contributed by atoms with Gasteiger partial charge < -0.3 is 16.4 Å². The summed E-state index contributed by atoms with van der Waals surface area (Å²) in [6, 6.07) is 0.372. The number of unbranched alkanes of at least 4 members (excludes halogenated alkanes) is 3. The van der Waals surface area contributed by atoms with Gasteiger partial charge in [-0.2, -0.15) is 0 Å². The molecule has 0 heterocycles. The Kier molecular flexibility index (Phi) is 9.84. The van der Waals surface area contributed by atoms with Crippen LogP contribution in [0.5, 0.6) is 0 Å². The van der Waals surface area contributed by atoms with Gasteiger partial charge in [0.05, 0.1) is 12.0 Å². The average molecular weight is 298 g/mol. The fraction of sp³-hybridized carbons (Fsp3) is 0.875. The van der Waals surface area contributed by atoms with Gasteiger partial charge in [0.25, 0.3) is 0 Å². The lowest BCUT2D eigenvalue weighted by Crippen LogP contribution is -2.43. The fourth-order valence-electron chi connectivity index (χ4n) is 1.86. The van der Waals surface area contributed by atoms with Crippen LogP contribution in [-0.2, 0) is 4.79 Å². The zero-order valence-electron chi connectivity index (χ0n) is 14.5. The first-order chi connectivity index (χ1) is 9.83. The van der Waals surface area contributed by atoms with Crippen LogP contribution in [0.25, 0.3) is 0 Å². The minimum Gasteiger partial charge on any atom is -0.369 e. The van der Waals surface area contributed by atoms with Crippen LogP contribution in [0.1, 0.15) is 66.7 Å². The molecule has 1 unspecified atom stereocenters. The second kappa shape index (κ2) is 10.5. The lowest BCUT2D eigenvalue weighted by atomic mass is 9.93. The molecule has 124 valence electrons. The first kappa shape index (κ1) is 19.7.